The number of aliphatic carboxylic acids is 1. The van der Waals surface area contributed by atoms with Crippen LogP contribution in [0, 0.1) is 0 Å². The molecule has 5 nitrogen and oxygen atoms in total. The lowest BCUT2D eigenvalue weighted by atomic mass is 10.2. The highest BCUT2D eigenvalue weighted by molar-refractivity contribution is 5.85. The second-order valence-electron chi connectivity index (χ2n) is 4.07. The highest BCUT2D eigenvalue weighted by Gasteiger charge is 2.10. The molecular formula is C13H16N2O3. The molecule has 0 amide bonds. The smallest absolute Gasteiger partial charge is 0.328 e. The predicted molar refractivity (Wildman–Crippen MR) is 68.6 cm³/mol. The number of ether oxygens (including phenoxy) is 1. The number of carboxylic acids is 1. The third-order valence-corrected chi connectivity index (χ3v) is 2.74. The van der Waals surface area contributed by atoms with Crippen molar-refractivity contribution in [3.63, 3.8) is 0 Å². The highest BCUT2D eigenvalue weighted by Crippen LogP contribution is 2.14. The van der Waals surface area contributed by atoms with E-state index in [1.165, 1.54) is 6.08 Å². The minimum absolute atomic E-state index is 0.725. The average molecular weight is 248 g/mol. The molecule has 0 aliphatic carbocycles. The van der Waals surface area contributed by atoms with Crippen LogP contribution < -0.4 is 4.90 Å². The first-order valence-electron chi connectivity index (χ1n) is 5.95. The number of pyridine rings is 1. The molecule has 1 fully saturated rings. The SMILES string of the molecule is O=C(O)/C=C/c1ccc(N2CCCOCC2)nc1. The number of hydrogen-bond donors (Lipinski definition) is 1. The third-order valence-electron chi connectivity index (χ3n) is 2.74. The molecule has 1 N–H and O–H groups in total. The fourth-order valence-corrected chi connectivity index (χ4v) is 1.83. The van der Waals surface area contributed by atoms with Crippen LogP contribution in [0.3, 0.4) is 0 Å². The summed E-state index contributed by atoms with van der Waals surface area (Å²) >= 11 is 0. The van der Waals surface area contributed by atoms with Gasteiger partial charge in [-0.1, -0.05) is 0 Å². The number of anilines is 1. The number of carboxylic acid groups (broad SMARTS) is 1. The number of rotatable bonds is 3. The Kier molecular flexibility index (Phi) is 4.30. The van der Waals surface area contributed by atoms with Gasteiger partial charge < -0.3 is 14.7 Å². The van der Waals surface area contributed by atoms with E-state index in [0.29, 0.717) is 0 Å². The summed E-state index contributed by atoms with van der Waals surface area (Å²) in [6.07, 6.45) is 5.32. The largest absolute Gasteiger partial charge is 0.478 e. The van der Waals surface area contributed by atoms with Crippen molar-refractivity contribution < 1.29 is 14.6 Å². The minimum atomic E-state index is -0.955. The maximum atomic E-state index is 10.4. The zero-order valence-electron chi connectivity index (χ0n) is 10.1. The van der Waals surface area contributed by atoms with Crippen molar-refractivity contribution in [3.8, 4) is 0 Å². The van der Waals surface area contributed by atoms with Crippen molar-refractivity contribution in [2.45, 2.75) is 6.42 Å². The quantitative estimate of drug-likeness (QED) is 0.819. The van der Waals surface area contributed by atoms with E-state index < -0.39 is 5.97 Å². The first kappa shape index (κ1) is 12.6. The van der Waals surface area contributed by atoms with Crippen LogP contribution in [0.25, 0.3) is 6.08 Å². The normalized spacial score (nSPS) is 16.8. The van der Waals surface area contributed by atoms with Crippen molar-refractivity contribution in [2.24, 2.45) is 0 Å². The molecule has 0 spiro atoms. The summed E-state index contributed by atoms with van der Waals surface area (Å²) in [5.74, 6) is -0.0447. The first-order chi connectivity index (χ1) is 8.75. The lowest BCUT2D eigenvalue weighted by molar-refractivity contribution is -0.131. The minimum Gasteiger partial charge on any atom is -0.478 e. The Morgan fingerprint density at radius 1 is 1.39 bits per heavy atom. The molecule has 96 valence electrons. The summed E-state index contributed by atoms with van der Waals surface area (Å²) in [7, 11) is 0. The van der Waals surface area contributed by atoms with Gasteiger partial charge in [0, 0.05) is 32.0 Å². The number of carbonyl (C=O) groups is 1. The molecule has 0 aromatic carbocycles. The van der Waals surface area contributed by atoms with Crippen LogP contribution in [0.15, 0.2) is 24.4 Å². The third kappa shape index (κ3) is 3.56. The maximum Gasteiger partial charge on any atom is 0.328 e. The van der Waals surface area contributed by atoms with Gasteiger partial charge in [-0.25, -0.2) is 9.78 Å². The van der Waals surface area contributed by atoms with Crippen LogP contribution >= 0.6 is 0 Å². The lowest BCUT2D eigenvalue weighted by Crippen LogP contribution is -2.26. The molecule has 1 aliphatic rings. The van der Waals surface area contributed by atoms with E-state index in [4.69, 9.17) is 9.84 Å². The van der Waals surface area contributed by atoms with Gasteiger partial charge in [0.05, 0.1) is 6.61 Å². The average Bonchev–Trinajstić information content (AvgIpc) is 2.66. The van der Waals surface area contributed by atoms with Crippen LogP contribution in [0.4, 0.5) is 5.82 Å². The van der Waals surface area contributed by atoms with E-state index in [0.717, 1.165) is 50.2 Å². The van der Waals surface area contributed by atoms with E-state index in [-0.39, 0.29) is 0 Å². The molecule has 2 rings (SSSR count). The Bertz CT molecular complexity index is 420. The van der Waals surface area contributed by atoms with E-state index in [1.807, 2.05) is 12.1 Å². The highest BCUT2D eigenvalue weighted by atomic mass is 16.5. The molecule has 1 saturated heterocycles. The summed E-state index contributed by atoms with van der Waals surface area (Å²) in [4.78, 5) is 16.9. The Labute approximate surface area is 106 Å². The second kappa shape index (κ2) is 6.16. The molecule has 2 heterocycles. The van der Waals surface area contributed by atoms with E-state index in [2.05, 4.69) is 9.88 Å². The van der Waals surface area contributed by atoms with E-state index in [1.54, 1.807) is 6.20 Å². The molecule has 0 bridgehead atoms. The zero-order valence-corrected chi connectivity index (χ0v) is 10.1. The Balaban J connectivity index is 2.04. The van der Waals surface area contributed by atoms with Crippen molar-refractivity contribution in [1.29, 1.82) is 0 Å². The first-order valence-corrected chi connectivity index (χ1v) is 5.95. The summed E-state index contributed by atoms with van der Waals surface area (Å²) in [5.41, 5.74) is 0.784. The molecule has 1 aromatic heterocycles. The standard InChI is InChI=1S/C13H16N2O3/c16-13(17)5-3-11-2-4-12(14-10-11)15-6-1-8-18-9-7-15/h2-5,10H,1,6-9H2,(H,16,17)/b5-3+. The summed E-state index contributed by atoms with van der Waals surface area (Å²) in [6, 6.07) is 3.78. The topological polar surface area (TPSA) is 62.7 Å². The molecular weight excluding hydrogens is 232 g/mol. The monoisotopic (exact) mass is 248 g/mol. The molecule has 0 saturated carbocycles. The fourth-order valence-electron chi connectivity index (χ4n) is 1.83. The number of hydrogen-bond acceptors (Lipinski definition) is 4. The molecule has 1 aromatic rings. The number of nitrogens with zero attached hydrogens (tertiary/aromatic N) is 2. The van der Waals surface area contributed by atoms with E-state index >= 15 is 0 Å². The van der Waals surface area contributed by atoms with Crippen LogP contribution in [-0.4, -0.2) is 42.4 Å². The van der Waals surface area contributed by atoms with Gasteiger partial charge >= 0.3 is 5.97 Å². The van der Waals surface area contributed by atoms with Crippen LogP contribution in [-0.2, 0) is 9.53 Å². The fraction of sp³-hybridized carbons (Fsp3) is 0.385. The Morgan fingerprint density at radius 2 is 2.28 bits per heavy atom. The Hall–Kier alpha value is -1.88. The zero-order chi connectivity index (χ0) is 12.8. The summed E-state index contributed by atoms with van der Waals surface area (Å²) in [5, 5.41) is 8.54. The van der Waals surface area contributed by atoms with Crippen LogP contribution in [0.2, 0.25) is 0 Å². The van der Waals surface area contributed by atoms with E-state index in [9.17, 15) is 4.79 Å². The van der Waals surface area contributed by atoms with Crippen molar-refractivity contribution in [2.75, 3.05) is 31.2 Å². The lowest BCUT2D eigenvalue weighted by Gasteiger charge is -2.20. The molecule has 18 heavy (non-hydrogen) atoms. The van der Waals surface area contributed by atoms with Gasteiger partial charge in [0.25, 0.3) is 0 Å². The van der Waals surface area contributed by atoms with Crippen LogP contribution in [0.5, 0.6) is 0 Å². The van der Waals surface area contributed by atoms with Crippen LogP contribution in [0.1, 0.15) is 12.0 Å². The van der Waals surface area contributed by atoms with Crippen molar-refractivity contribution in [3.05, 3.63) is 30.0 Å². The predicted octanol–water partition coefficient (Wildman–Crippen LogP) is 1.41. The molecule has 0 unspecified atom stereocenters. The van der Waals surface area contributed by atoms with Crippen molar-refractivity contribution in [1.82, 2.24) is 4.98 Å². The molecule has 5 heteroatoms. The van der Waals surface area contributed by atoms with Gasteiger partial charge in [-0.05, 0) is 30.2 Å². The molecule has 0 atom stereocenters. The van der Waals surface area contributed by atoms with Crippen molar-refractivity contribution >= 4 is 17.9 Å². The second-order valence-corrected chi connectivity index (χ2v) is 4.07. The van der Waals surface area contributed by atoms with Gasteiger partial charge in [-0.15, -0.1) is 0 Å². The Morgan fingerprint density at radius 3 is 3.00 bits per heavy atom. The van der Waals surface area contributed by atoms with Gasteiger partial charge in [-0.2, -0.15) is 0 Å². The molecule has 0 radical (unpaired) electrons. The van der Waals surface area contributed by atoms with Gasteiger partial charge in [0.2, 0.25) is 0 Å². The molecule has 1 aliphatic heterocycles. The van der Waals surface area contributed by atoms with Gasteiger partial charge in [-0.3, -0.25) is 0 Å². The summed E-state index contributed by atoms with van der Waals surface area (Å²) in [6.45, 7) is 3.31. The van der Waals surface area contributed by atoms with Gasteiger partial charge in [0.1, 0.15) is 5.82 Å². The summed E-state index contributed by atoms with van der Waals surface area (Å²) < 4.78 is 5.39. The maximum absolute atomic E-state index is 10.4. The number of aromatic nitrogens is 1. The van der Waals surface area contributed by atoms with Gasteiger partial charge in [0.15, 0.2) is 0 Å².